The smallest absolute Gasteiger partial charge is 0.133 e. The van der Waals surface area contributed by atoms with Gasteiger partial charge in [0, 0.05) is 5.41 Å². The highest BCUT2D eigenvalue weighted by Crippen LogP contribution is 2.44. The number of hydrogen-bond donors (Lipinski definition) is 1. The Labute approximate surface area is 123 Å². The third kappa shape index (κ3) is 2.54. The van der Waals surface area contributed by atoms with Crippen molar-refractivity contribution < 1.29 is 9.47 Å². The van der Waals surface area contributed by atoms with Crippen LogP contribution < -0.4 is 10.5 Å². The summed E-state index contributed by atoms with van der Waals surface area (Å²) >= 11 is 3.56. The van der Waals surface area contributed by atoms with Gasteiger partial charge in [-0.1, -0.05) is 19.9 Å². The Morgan fingerprint density at radius 3 is 2.47 bits per heavy atom. The van der Waals surface area contributed by atoms with Crippen molar-refractivity contribution in [3.63, 3.8) is 0 Å². The second-order valence-electron chi connectivity index (χ2n) is 5.58. The SMILES string of the molecule is COc1ccc(C2(C(CN)C(C)C)COC2)cc1Br. The summed E-state index contributed by atoms with van der Waals surface area (Å²) in [5.41, 5.74) is 7.35. The number of halogens is 1. The quantitative estimate of drug-likeness (QED) is 0.904. The van der Waals surface area contributed by atoms with Gasteiger partial charge in [-0.3, -0.25) is 0 Å². The Hall–Kier alpha value is -0.580. The molecule has 0 spiro atoms. The highest BCUT2D eigenvalue weighted by Gasteiger charge is 2.47. The summed E-state index contributed by atoms with van der Waals surface area (Å²) in [5.74, 6) is 1.82. The molecule has 2 N–H and O–H groups in total. The van der Waals surface area contributed by atoms with Crippen LogP contribution in [0.4, 0.5) is 0 Å². The van der Waals surface area contributed by atoms with Gasteiger partial charge in [0.15, 0.2) is 0 Å². The molecule has 1 aliphatic rings. The second-order valence-corrected chi connectivity index (χ2v) is 6.44. The fraction of sp³-hybridized carbons (Fsp3) is 0.600. The van der Waals surface area contributed by atoms with E-state index in [1.807, 2.05) is 6.07 Å². The Balaban J connectivity index is 2.38. The molecule has 106 valence electrons. The molecular formula is C15H22BrNO2. The predicted octanol–water partition coefficient (Wildman–Crippen LogP) is 2.96. The van der Waals surface area contributed by atoms with E-state index in [4.69, 9.17) is 15.2 Å². The van der Waals surface area contributed by atoms with Crippen molar-refractivity contribution in [1.82, 2.24) is 0 Å². The number of benzene rings is 1. The average Bonchev–Trinajstić information content (AvgIpc) is 2.32. The Morgan fingerprint density at radius 2 is 2.11 bits per heavy atom. The molecule has 0 radical (unpaired) electrons. The third-order valence-corrected chi connectivity index (χ3v) is 4.83. The molecule has 4 heteroatoms. The molecule has 0 amide bonds. The molecule has 1 aromatic rings. The predicted molar refractivity (Wildman–Crippen MR) is 80.6 cm³/mol. The van der Waals surface area contributed by atoms with E-state index in [0.29, 0.717) is 18.4 Å². The van der Waals surface area contributed by atoms with Crippen LogP contribution >= 0.6 is 15.9 Å². The van der Waals surface area contributed by atoms with Gasteiger partial charge in [0.1, 0.15) is 5.75 Å². The molecule has 1 aromatic carbocycles. The minimum absolute atomic E-state index is 0.0533. The molecule has 1 aliphatic heterocycles. The van der Waals surface area contributed by atoms with Gasteiger partial charge in [-0.2, -0.15) is 0 Å². The first kappa shape index (κ1) is 14.8. The van der Waals surface area contributed by atoms with E-state index in [0.717, 1.165) is 23.4 Å². The summed E-state index contributed by atoms with van der Waals surface area (Å²) < 4.78 is 11.8. The van der Waals surface area contributed by atoms with Crippen LogP contribution in [0.5, 0.6) is 5.75 Å². The van der Waals surface area contributed by atoms with Crippen molar-refractivity contribution in [3.8, 4) is 5.75 Å². The van der Waals surface area contributed by atoms with Crippen LogP contribution in [-0.2, 0) is 10.2 Å². The van der Waals surface area contributed by atoms with E-state index in [2.05, 4.69) is 41.9 Å². The average molecular weight is 328 g/mol. The molecule has 1 heterocycles. The molecule has 3 nitrogen and oxygen atoms in total. The van der Waals surface area contributed by atoms with Crippen molar-refractivity contribution in [2.45, 2.75) is 19.3 Å². The van der Waals surface area contributed by atoms with Crippen molar-refractivity contribution in [3.05, 3.63) is 28.2 Å². The van der Waals surface area contributed by atoms with Crippen molar-refractivity contribution in [2.24, 2.45) is 17.6 Å². The van der Waals surface area contributed by atoms with Crippen LogP contribution in [0.25, 0.3) is 0 Å². The maximum absolute atomic E-state index is 6.01. The number of methoxy groups -OCH3 is 1. The summed E-state index contributed by atoms with van der Waals surface area (Å²) in [7, 11) is 1.68. The van der Waals surface area contributed by atoms with Crippen molar-refractivity contribution >= 4 is 15.9 Å². The molecule has 1 fully saturated rings. The molecule has 0 saturated carbocycles. The summed E-state index contributed by atoms with van der Waals surface area (Å²) in [6, 6.07) is 6.29. The zero-order valence-electron chi connectivity index (χ0n) is 11.8. The van der Waals surface area contributed by atoms with Gasteiger partial charge in [-0.25, -0.2) is 0 Å². The lowest BCUT2D eigenvalue weighted by atomic mass is 9.64. The standard InChI is InChI=1S/C15H22BrNO2/c1-10(2)12(7-17)15(8-19-9-15)11-4-5-14(18-3)13(16)6-11/h4-6,10,12H,7-9,17H2,1-3H3. The van der Waals surface area contributed by atoms with Crippen LogP contribution in [0.2, 0.25) is 0 Å². The maximum atomic E-state index is 6.01. The summed E-state index contributed by atoms with van der Waals surface area (Å²) in [4.78, 5) is 0. The van der Waals surface area contributed by atoms with Gasteiger partial charge >= 0.3 is 0 Å². The van der Waals surface area contributed by atoms with Gasteiger partial charge in [-0.15, -0.1) is 0 Å². The normalized spacial score (nSPS) is 19.1. The van der Waals surface area contributed by atoms with Gasteiger partial charge in [0.25, 0.3) is 0 Å². The second kappa shape index (κ2) is 5.81. The van der Waals surface area contributed by atoms with Crippen molar-refractivity contribution in [2.75, 3.05) is 26.9 Å². The number of hydrogen-bond acceptors (Lipinski definition) is 3. The molecule has 1 saturated heterocycles. The molecule has 2 rings (SSSR count). The fourth-order valence-corrected chi connectivity index (χ4v) is 3.57. The molecule has 0 aliphatic carbocycles. The molecular weight excluding hydrogens is 306 g/mol. The van der Waals surface area contributed by atoms with Crippen molar-refractivity contribution in [1.29, 1.82) is 0 Å². The van der Waals surface area contributed by atoms with E-state index >= 15 is 0 Å². The maximum Gasteiger partial charge on any atom is 0.133 e. The van der Waals surface area contributed by atoms with Gasteiger partial charge in [0.05, 0.1) is 24.8 Å². The van der Waals surface area contributed by atoms with Gasteiger partial charge in [-0.05, 0) is 52.0 Å². The number of nitrogens with two attached hydrogens (primary N) is 1. The molecule has 19 heavy (non-hydrogen) atoms. The van der Waals surface area contributed by atoms with E-state index in [9.17, 15) is 0 Å². The highest BCUT2D eigenvalue weighted by molar-refractivity contribution is 9.10. The van der Waals surface area contributed by atoms with Gasteiger partial charge in [0.2, 0.25) is 0 Å². The van der Waals surface area contributed by atoms with E-state index in [1.165, 1.54) is 5.56 Å². The van der Waals surface area contributed by atoms with Crippen LogP contribution in [0.15, 0.2) is 22.7 Å². The fourth-order valence-electron chi connectivity index (χ4n) is 3.03. The van der Waals surface area contributed by atoms with E-state index in [1.54, 1.807) is 7.11 Å². The summed E-state index contributed by atoms with van der Waals surface area (Å²) in [6.07, 6.45) is 0. The van der Waals surface area contributed by atoms with Crippen LogP contribution in [-0.4, -0.2) is 26.9 Å². The van der Waals surface area contributed by atoms with Crippen LogP contribution in [0.1, 0.15) is 19.4 Å². The number of rotatable bonds is 5. The lowest BCUT2D eigenvalue weighted by Gasteiger charge is -2.49. The van der Waals surface area contributed by atoms with Gasteiger partial charge < -0.3 is 15.2 Å². The number of ether oxygens (including phenoxy) is 2. The van der Waals surface area contributed by atoms with Crippen LogP contribution in [0.3, 0.4) is 0 Å². The van der Waals surface area contributed by atoms with E-state index in [-0.39, 0.29) is 5.41 Å². The van der Waals surface area contributed by atoms with Crippen LogP contribution in [0, 0.1) is 11.8 Å². The molecule has 0 aromatic heterocycles. The minimum atomic E-state index is 0.0533. The Morgan fingerprint density at radius 1 is 1.42 bits per heavy atom. The summed E-state index contributed by atoms with van der Waals surface area (Å²) in [6.45, 7) is 6.66. The first-order valence-corrected chi connectivity index (χ1v) is 7.46. The summed E-state index contributed by atoms with van der Waals surface area (Å²) in [5, 5.41) is 0. The lowest BCUT2D eigenvalue weighted by Crippen LogP contribution is -2.56. The monoisotopic (exact) mass is 327 g/mol. The first-order chi connectivity index (χ1) is 9.05. The largest absolute Gasteiger partial charge is 0.496 e. The minimum Gasteiger partial charge on any atom is -0.496 e. The Bertz CT molecular complexity index is 444. The molecule has 1 unspecified atom stereocenters. The zero-order chi connectivity index (χ0) is 14.0. The lowest BCUT2D eigenvalue weighted by molar-refractivity contribution is -0.0982. The third-order valence-electron chi connectivity index (χ3n) is 4.21. The zero-order valence-corrected chi connectivity index (χ0v) is 13.4. The van der Waals surface area contributed by atoms with E-state index < -0.39 is 0 Å². The molecule has 1 atom stereocenters. The highest BCUT2D eigenvalue weighted by atomic mass is 79.9. The first-order valence-electron chi connectivity index (χ1n) is 6.67. The Kier molecular flexibility index (Phi) is 4.54. The topological polar surface area (TPSA) is 44.5 Å². The molecule has 0 bridgehead atoms.